The summed E-state index contributed by atoms with van der Waals surface area (Å²) in [5, 5.41) is 3.67. The number of nitrogens with zero attached hydrogens (tertiary/aromatic N) is 3. The first-order chi connectivity index (χ1) is 18.3. The maximum absolute atomic E-state index is 14.2. The molecule has 2 saturated heterocycles. The number of benzene rings is 2. The zero-order valence-electron chi connectivity index (χ0n) is 21.6. The summed E-state index contributed by atoms with van der Waals surface area (Å²) in [4.78, 5) is 30.4. The molecule has 212 valence electrons. The molecule has 0 aromatic heterocycles. The minimum Gasteiger partial charge on any atom is -0.352 e. The van der Waals surface area contributed by atoms with Crippen LogP contribution in [0, 0.1) is 5.82 Å². The van der Waals surface area contributed by atoms with Crippen LogP contribution in [-0.2, 0) is 22.3 Å². The first kappa shape index (κ1) is 29.6. The van der Waals surface area contributed by atoms with Crippen LogP contribution in [0.1, 0.15) is 36.0 Å². The lowest BCUT2D eigenvalue weighted by Gasteiger charge is -2.29. The second-order valence-corrected chi connectivity index (χ2v) is 11.1. The molecule has 0 radical (unpaired) electrons. The van der Waals surface area contributed by atoms with E-state index in [0.717, 1.165) is 24.1 Å². The van der Waals surface area contributed by atoms with Crippen molar-refractivity contribution < 1.29 is 27.2 Å². The highest BCUT2D eigenvalue weighted by atomic mass is 35.5. The molecule has 2 fully saturated rings. The molecule has 0 saturated carbocycles. The van der Waals surface area contributed by atoms with E-state index in [-0.39, 0.29) is 42.9 Å². The number of carbonyl (C=O) groups excluding carboxylic acids is 2. The molecule has 2 aromatic carbocycles. The Bertz CT molecular complexity index is 1230. The third kappa shape index (κ3) is 7.22. The molecule has 1 N–H and O–H groups in total. The summed E-state index contributed by atoms with van der Waals surface area (Å²) in [6.45, 7) is 3.95. The lowest BCUT2D eigenvalue weighted by molar-refractivity contribution is -0.140. The number of hydrogen-bond donors (Lipinski definition) is 1. The summed E-state index contributed by atoms with van der Waals surface area (Å²) in [5.74, 6) is -1.63. The molecule has 2 amide bonds. The smallest absolute Gasteiger partial charge is 0.352 e. The van der Waals surface area contributed by atoms with Gasteiger partial charge in [0.2, 0.25) is 11.8 Å². The molecule has 12 heteroatoms. The summed E-state index contributed by atoms with van der Waals surface area (Å²) in [6, 6.07) is 8.05. The largest absolute Gasteiger partial charge is 0.419 e. The van der Waals surface area contributed by atoms with Gasteiger partial charge in [0.25, 0.3) is 0 Å². The highest BCUT2D eigenvalue weighted by molar-refractivity contribution is 6.42. The quantitative estimate of drug-likeness (QED) is 0.473. The molecule has 0 bridgehead atoms. The third-order valence-electron chi connectivity index (χ3n) is 7.39. The average molecular weight is 589 g/mol. The Labute approximate surface area is 234 Å². The van der Waals surface area contributed by atoms with Gasteiger partial charge in [0.15, 0.2) is 0 Å². The molecular formula is C27H30Cl2F4N4O2. The van der Waals surface area contributed by atoms with E-state index in [0.29, 0.717) is 41.8 Å². The Morgan fingerprint density at radius 3 is 2.46 bits per heavy atom. The van der Waals surface area contributed by atoms with Crippen molar-refractivity contribution in [2.75, 3.05) is 39.8 Å². The van der Waals surface area contributed by atoms with Crippen LogP contribution in [-0.4, -0.2) is 78.4 Å². The van der Waals surface area contributed by atoms with Gasteiger partial charge < -0.3 is 10.2 Å². The summed E-state index contributed by atoms with van der Waals surface area (Å²) in [7, 11) is 1.80. The van der Waals surface area contributed by atoms with Gasteiger partial charge >= 0.3 is 6.18 Å². The molecule has 2 aliphatic rings. The Kier molecular flexibility index (Phi) is 9.10. The lowest BCUT2D eigenvalue weighted by atomic mass is 9.93. The van der Waals surface area contributed by atoms with Crippen LogP contribution in [0.2, 0.25) is 10.0 Å². The number of alkyl halides is 3. The van der Waals surface area contributed by atoms with Gasteiger partial charge in [-0.1, -0.05) is 35.3 Å². The fraction of sp³-hybridized carbons (Fsp3) is 0.481. The summed E-state index contributed by atoms with van der Waals surface area (Å²) < 4.78 is 53.2. The maximum Gasteiger partial charge on any atom is 0.419 e. The number of hydrogen-bond acceptors (Lipinski definition) is 4. The molecule has 2 heterocycles. The Hall–Kier alpha value is -2.40. The molecule has 0 aliphatic carbocycles. The third-order valence-corrected chi connectivity index (χ3v) is 8.13. The number of amides is 2. The van der Waals surface area contributed by atoms with Crippen LogP contribution in [0.25, 0.3) is 0 Å². The molecule has 3 atom stereocenters. The molecule has 0 unspecified atom stereocenters. The minimum absolute atomic E-state index is 0.0147. The first-order valence-electron chi connectivity index (χ1n) is 12.6. The van der Waals surface area contributed by atoms with Gasteiger partial charge in [0, 0.05) is 57.6 Å². The summed E-state index contributed by atoms with van der Waals surface area (Å²) in [5.41, 5.74) is -0.0355. The predicted molar refractivity (Wildman–Crippen MR) is 141 cm³/mol. The van der Waals surface area contributed by atoms with Crippen molar-refractivity contribution in [3.63, 3.8) is 0 Å². The number of halogens is 6. The standard InChI is InChI=1S/C27H30Cl2F4N4O2/c1-16(38)34-19-7-8-36(12-19)15-26(39)37-13-20(18-4-6-22(28)23(29)10-18)25(14-37)35(2)11-17-3-5-21(24(30)9-17)27(31,32)33/h3-6,9-10,19-20,25H,7-8,11-15H2,1-2H3,(H,34,38)/t19-,20+,25+/m0/s1. The number of likely N-dealkylation sites (N-methyl/N-ethyl adjacent to an activating group) is 1. The number of likely N-dealkylation sites (tertiary alicyclic amines) is 2. The van der Waals surface area contributed by atoms with Crippen LogP contribution in [0.3, 0.4) is 0 Å². The summed E-state index contributed by atoms with van der Waals surface area (Å²) in [6.07, 6.45) is -3.99. The molecule has 0 spiro atoms. The SMILES string of the molecule is CC(=O)N[C@H]1CCN(CC(=O)N2C[C@H](c3ccc(Cl)c(Cl)c3)[C@H](N(C)Cc3ccc(C(F)(F)F)c(F)c3)C2)C1. The van der Waals surface area contributed by atoms with Crippen molar-refractivity contribution in [2.24, 2.45) is 0 Å². The van der Waals surface area contributed by atoms with Crippen LogP contribution in [0.5, 0.6) is 0 Å². The van der Waals surface area contributed by atoms with E-state index in [4.69, 9.17) is 23.2 Å². The van der Waals surface area contributed by atoms with Gasteiger partial charge in [-0.3, -0.25) is 19.4 Å². The van der Waals surface area contributed by atoms with Gasteiger partial charge in [0.1, 0.15) is 5.82 Å². The second kappa shape index (κ2) is 12.0. The number of nitrogens with one attached hydrogen (secondary N) is 1. The highest BCUT2D eigenvalue weighted by Crippen LogP contribution is 2.36. The van der Waals surface area contributed by atoms with Crippen LogP contribution < -0.4 is 5.32 Å². The van der Waals surface area contributed by atoms with Gasteiger partial charge in [-0.2, -0.15) is 13.2 Å². The van der Waals surface area contributed by atoms with Crippen LogP contribution in [0.4, 0.5) is 17.6 Å². The van der Waals surface area contributed by atoms with Crippen LogP contribution >= 0.6 is 23.2 Å². The molecule has 39 heavy (non-hydrogen) atoms. The maximum atomic E-state index is 14.2. The van der Waals surface area contributed by atoms with Crippen molar-refractivity contribution in [1.82, 2.24) is 20.0 Å². The van der Waals surface area contributed by atoms with Gasteiger partial charge in [-0.15, -0.1) is 0 Å². The van der Waals surface area contributed by atoms with Crippen LogP contribution in [0.15, 0.2) is 36.4 Å². The zero-order chi connectivity index (χ0) is 28.5. The number of rotatable bonds is 7. The second-order valence-electron chi connectivity index (χ2n) is 10.3. The molecule has 4 rings (SSSR count). The lowest BCUT2D eigenvalue weighted by Crippen LogP contribution is -2.42. The number of carbonyl (C=O) groups is 2. The van der Waals surface area contributed by atoms with E-state index >= 15 is 0 Å². The first-order valence-corrected chi connectivity index (χ1v) is 13.4. The molecule has 2 aliphatic heterocycles. The zero-order valence-corrected chi connectivity index (χ0v) is 23.1. The molecule has 6 nitrogen and oxygen atoms in total. The Morgan fingerprint density at radius 2 is 1.82 bits per heavy atom. The van der Waals surface area contributed by atoms with Crippen molar-refractivity contribution >= 4 is 35.0 Å². The van der Waals surface area contributed by atoms with E-state index in [1.54, 1.807) is 24.1 Å². The van der Waals surface area contributed by atoms with E-state index in [1.807, 2.05) is 15.9 Å². The summed E-state index contributed by atoms with van der Waals surface area (Å²) >= 11 is 12.4. The average Bonchev–Trinajstić information content (AvgIpc) is 3.47. The fourth-order valence-electron chi connectivity index (χ4n) is 5.47. The normalized spacial score (nSPS) is 22.1. The van der Waals surface area contributed by atoms with Gasteiger partial charge in [-0.05, 0) is 48.9 Å². The molecular weight excluding hydrogens is 559 g/mol. The van der Waals surface area contributed by atoms with E-state index in [1.165, 1.54) is 13.0 Å². The Balaban J connectivity index is 1.50. The highest BCUT2D eigenvalue weighted by Gasteiger charge is 2.40. The minimum atomic E-state index is -4.77. The van der Waals surface area contributed by atoms with Gasteiger partial charge in [-0.25, -0.2) is 4.39 Å². The van der Waals surface area contributed by atoms with Crippen molar-refractivity contribution in [1.29, 1.82) is 0 Å². The van der Waals surface area contributed by atoms with Crippen molar-refractivity contribution in [3.8, 4) is 0 Å². The molecule has 2 aromatic rings. The van der Waals surface area contributed by atoms with Crippen molar-refractivity contribution in [2.45, 2.75) is 44.1 Å². The Morgan fingerprint density at radius 1 is 1.08 bits per heavy atom. The fourth-order valence-corrected chi connectivity index (χ4v) is 5.78. The predicted octanol–water partition coefficient (Wildman–Crippen LogP) is 4.79. The van der Waals surface area contributed by atoms with Gasteiger partial charge in [0.05, 0.1) is 22.2 Å². The van der Waals surface area contributed by atoms with E-state index in [2.05, 4.69) is 5.32 Å². The topological polar surface area (TPSA) is 55.9 Å². The monoisotopic (exact) mass is 588 g/mol. The van der Waals surface area contributed by atoms with Crippen molar-refractivity contribution in [3.05, 3.63) is 69.0 Å². The van der Waals surface area contributed by atoms with E-state index in [9.17, 15) is 27.2 Å². The van der Waals surface area contributed by atoms with E-state index < -0.39 is 17.6 Å².